The molecule has 112 valence electrons. The van der Waals surface area contributed by atoms with Gasteiger partial charge in [0.05, 0.1) is 11.0 Å². The SMILES string of the molecule is CCNc1nc2ccccc2n1CC(=O)Nc1ccccc1. The number of nitrogens with zero attached hydrogens (tertiary/aromatic N) is 2. The molecule has 0 bridgehead atoms. The number of carbonyl (C=O) groups is 1. The van der Waals surface area contributed by atoms with Gasteiger partial charge in [-0.3, -0.25) is 4.79 Å². The van der Waals surface area contributed by atoms with Crippen molar-refractivity contribution in [3.63, 3.8) is 0 Å². The lowest BCUT2D eigenvalue weighted by molar-refractivity contribution is -0.116. The molecule has 0 fully saturated rings. The van der Waals surface area contributed by atoms with E-state index in [0.717, 1.165) is 23.3 Å². The molecule has 1 amide bonds. The third-order valence-electron chi connectivity index (χ3n) is 3.35. The zero-order chi connectivity index (χ0) is 15.4. The van der Waals surface area contributed by atoms with Crippen LogP contribution in [0.1, 0.15) is 6.92 Å². The minimum Gasteiger partial charge on any atom is -0.356 e. The van der Waals surface area contributed by atoms with Gasteiger partial charge in [-0.05, 0) is 31.2 Å². The Hall–Kier alpha value is -2.82. The van der Waals surface area contributed by atoms with Crippen LogP contribution in [0.3, 0.4) is 0 Å². The molecule has 0 aliphatic carbocycles. The van der Waals surface area contributed by atoms with E-state index in [4.69, 9.17) is 0 Å². The van der Waals surface area contributed by atoms with Gasteiger partial charge in [0.1, 0.15) is 6.54 Å². The Kier molecular flexibility index (Phi) is 4.05. The van der Waals surface area contributed by atoms with Crippen LogP contribution in [-0.4, -0.2) is 22.0 Å². The molecule has 3 rings (SSSR count). The van der Waals surface area contributed by atoms with Crippen LogP contribution in [0.5, 0.6) is 0 Å². The number of amides is 1. The van der Waals surface area contributed by atoms with Crippen LogP contribution < -0.4 is 10.6 Å². The van der Waals surface area contributed by atoms with Gasteiger partial charge < -0.3 is 15.2 Å². The number of rotatable bonds is 5. The first-order chi connectivity index (χ1) is 10.8. The van der Waals surface area contributed by atoms with Crippen molar-refractivity contribution in [1.29, 1.82) is 0 Å². The molecule has 0 saturated heterocycles. The summed E-state index contributed by atoms with van der Waals surface area (Å²) in [5, 5.41) is 6.11. The van der Waals surface area contributed by atoms with Gasteiger partial charge in [-0.25, -0.2) is 4.98 Å². The molecule has 0 spiro atoms. The molecule has 5 nitrogen and oxygen atoms in total. The summed E-state index contributed by atoms with van der Waals surface area (Å²) in [7, 11) is 0. The molecule has 0 aliphatic rings. The van der Waals surface area contributed by atoms with Gasteiger partial charge in [0.2, 0.25) is 11.9 Å². The summed E-state index contributed by atoms with van der Waals surface area (Å²) in [4.78, 5) is 16.8. The van der Waals surface area contributed by atoms with Gasteiger partial charge in [0.25, 0.3) is 0 Å². The van der Waals surface area contributed by atoms with E-state index >= 15 is 0 Å². The van der Waals surface area contributed by atoms with Crippen LogP contribution >= 0.6 is 0 Å². The van der Waals surface area contributed by atoms with Gasteiger partial charge in [-0.15, -0.1) is 0 Å². The molecular formula is C17H18N4O. The fraction of sp³-hybridized carbons (Fsp3) is 0.176. The van der Waals surface area contributed by atoms with E-state index in [1.807, 2.05) is 66.1 Å². The zero-order valence-corrected chi connectivity index (χ0v) is 12.4. The summed E-state index contributed by atoms with van der Waals surface area (Å²) in [5.74, 6) is 0.639. The molecule has 0 aliphatic heterocycles. The van der Waals surface area contributed by atoms with E-state index in [-0.39, 0.29) is 12.5 Å². The fourth-order valence-electron chi connectivity index (χ4n) is 2.39. The van der Waals surface area contributed by atoms with Gasteiger partial charge in [0.15, 0.2) is 0 Å². The first kappa shape index (κ1) is 14.1. The number of benzene rings is 2. The Bertz CT molecular complexity index is 780. The van der Waals surface area contributed by atoms with Crippen molar-refractivity contribution in [2.45, 2.75) is 13.5 Å². The van der Waals surface area contributed by atoms with Gasteiger partial charge in [0, 0.05) is 12.2 Å². The number of aromatic nitrogens is 2. The normalized spacial score (nSPS) is 10.6. The van der Waals surface area contributed by atoms with Crippen molar-refractivity contribution >= 4 is 28.6 Å². The van der Waals surface area contributed by atoms with Gasteiger partial charge in [-0.1, -0.05) is 30.3 Å². The number of para-hydroxylation sites is 3. The lowest BCUT2D eigenvalue weighted by Crippen LogP contribution is -2.20. The van der Waals surface area contributed by atoms with E-state index in [0.29, 0.717) is 5.95 Å². The first-order valence-electron chi connectivity index (χ1n) is 7.32. The van der Waals surface area contributed by atoms with Crippen molar-refractivity contribution in [3.8, 4) is 0 Å². The van der Waals surface area contributed by atoms with Crippen LogP contribution in [-0.2, 0) is 11.3 Å². The monoisotopic (exact) mass is 294 g/mol. The molecule has 0 unspecified atom stereocenters. The molecular weight excluding hydrogens is 276 g/mol. The van der Waals surface area contributed by atoms with E-state index in [2.05, 4.69) is 15.6 Å². The maximum absolute atomic E-state index is 12.3. The third kappa shape index (κ3) is 2.93. The number of imidazole rings is 1. The highest BCUT2D eigenvalue weighted by Gasteiger charge is 2.13. The molecule has 5 heteroatoms. The van der Waals surface area contributed by atoms with Crippen LogP contribution in [0.4, 0.5) is 11.6 Å². The Morgan fingerprint density at radius 2 is 1.82 bits per heavy atom. The van der Waals surface area contributed by atoms with Crippen molar-refractivity contribution in [3.05, 3.63) is 54.6 Å². The van der Waals surface area contributed by atoms with Crippen molar-refractivity contribution in [1.82, 2.24) is 9.55 Å². The van der Waals surface area contributed by atoms with Crippen LogP contribution in [0, 0.1) is 0 Å². The second-order valence-corrected chi connectivity index (χ2v) is 4.95. The molecule has 0 saturated carbocycles. The molecule has 1 aromatic heterocycles. The summed E-state index contributed by atoms with van der Waals surface area (Å²) in [6.45, 7) is 2.98. The quantitative estimate of drug-likeness (QED) is 0.760. The molecule has 1 heterocycles. The lowest BCUT2D eigenvalue weighted by Gasteiger charge is -2.10. The molecule has 22 heavy (non-hydrogen) atoms. The number of hydrogen-bond acceptors (Lipinski definition) is 3. The minimum atomic E-state index is -0.0755. The summed E-state index contributed by atoms with van der Waals surface area (Å²) in [6, 6.07) is 17.3. The molecule has 0 atom stereocenters. The second kappa shape index (κ2) is 6.30. The lowest BCUT2D eigenvalue weighted by atomic mass is 10.3. The fourth-order valence-corrected chi connectivity index (χ4v) is 2.39. The van der Waals surface area contributed by atoms with Gasteiger partial charge >= 0.3 is 0 Å². The summed E-state index contributed by atoms with van der Waals surface area (Å²) in [6.07, 6.45) is 0. The number of nitrogens with one attached hydrogen (secondary N) is 2. The highest BCUT2D eigenvalue weighted by atomic mass is 16.1. The third-order valence-corrected chi connectivity index (χ3v) is 3.35. The van der Waals surface area contributed by atoms with Crippen molar-refractivity contribution in [2.75, 3.05) is 17.2 Å². The smallest absolute Gasteiger partial charge is 0.244 e. The van der Waals surface area contributed by atoms with Crippen LogP contribution in [0.25, 0.3) is 11.0 Å². The Balaban J connectivity index is 1.86. The Morgan fingerprint density at radius 1 is 1.09 bits per heavy atom. The number of fused-ring (bicyclic) bond motifs is 1. The van der Waals surface area contributed by atoms with Gasteiger partial charge in [-0.2, -0.15) is 0 Å². The molecule has 0 radical (unpaired) electrons. The maximum atomic E-state index is 12.3. The second-order valence-electron chi connectivity index (χ2n) is 4.95. The minimum absolute atomic E-state index is 0.0755. The van der Waals surface area contributed by atoms with E-state index < -0.39 is 0 Å². The predicted molar refractivity (Wildman–Crippen MR) is 89.0 cm³/mol. The van der Waals surface area contributed by atoms with E-state index in [1.54, 1.807) is 0 Å². The molecule has 3 aromatic rings. The zero-order valence-electron chi connectivity index (χ0n) is 12.4. The average molecular weight is 294 g/mol. The van der Waals surface area contributed by atoms with Crippen molar-refractivity contribution < 1.29 is 4.79 Å². The highest BCUT2D eigenvalue weighted by Crippen LogP contribution is 2.19. The summed E-state index contributed by atoms with van der Waals surface area (Å²) >= 11 is 0. The van der Waals surface area contributed by atoms with Crippen LogP contribution in [0.2, 0.25) is 0 Å². The standard InChI is InChI=1S/C17H18N4O/c1-2-18-17-20-14-10-6-7-11-15(14)21(17)12-16(22)19-13-8-4-3-5-9-13/h3-11H,2,12H2,1H3,(H,18,20)(H,19,22). The largest absolute Gasteiger partial charge is 0.356 e. The summed E-state index contributed by atoms with van der Waals surface area (Å²) < 4.78 is 1.90. The molecule has 2 N–H and O–H groups in total. The Morgan fingerprint density at radius 3 is 2.59 bits per heavy atom. The number of carbonyl (C=O) groups excluding carboxylic acids is 1. The topological polar surface area (TPSA) is 59.0 Å². The highest BCUT2D eigenvalue weighted by molar-refractivity contribution is 5.92. The first-order valence-corrected chi connectivity index (χ1v) is 7.32. The molecule has 2 aromatic carbocycles. The maximum Gasteiger partial charge on any atom is 0.244 e. The Labute approximate surface area is 129 Å². The van der Waals surface area contributed by atoms with Crippen LogP contribution in [0.15, 0.2) is 54.6 Å². The number of hydrogen-bond donors (Lipinski definition) is 2. The average Bonchev–Trinajstić information content (AvgIpc) is 2.86. The predicted octanol–water partition coefficient (Wildman–Crippen LogP) is 3.11. The van der Waals surface area contributed by atoms with Crippen molar-refractivity contribution in [2.24, 2.45) is 0 Å². The van der Waals surface area contributed by atoms with E-state index in [1.165, 1.54) is 0 Å². The van der Waals surface area contributed by atoms with E-state index in [9.17, 15) is 4.79 Å². The number of anilines is 2. The summed E-state index contributed by atoms with van der Waals surface area (Å²) in [5.41, 5.74) is 2.62.